The van der Waals surface area contributed by atoms with Crippen molar-refractivity contribution in [1.29, 1.82) is 10.5 Å². The monoisotopic (exact) mass is 402 g/mol. The second kappa shape index (κ2) is 13.7. The molecule has 2 unspecified atom stereocenters. The standard InChI is InChI=1S/C10H12N2O.C10H11N2O.V/c2*1-8(12)7-13-10-4-2-3-9(5-10)6-11;/h2-5,8H,7,12H2,1H3;2-5,8,12H,7H2,1H3;/q;-1;. The van der Waals surface area contributed by atoms with E-state index in [2.05, 4.69) is 0 Å². The van der Waals surface area contributed by atoms with E-state index in [0.29, 0.717) is 35.8 Å². The number of rotatable bonds is 6. The van der Waals surface area contributed by atoms with E-state index in [1.165, 1.54) is 0 Å². The molecule has 0 saturated carbocycles. The van der Waals surface area contributed by atoms with E-state index in [0.717, 1.165) is 0 Å². The van der Waals surface area contributed by atoms with Gasteiger partial charge in [-0.2, -0.15) is 10.5 Å². The fraction of sp³-hybridized carbons (Fsp3) is 0.300. The van der Waals surface area contributed by atoms with Crippen LogP contribution in [0.25, 0.3) is 5.73 Å². The minimum atomic E-state index is -0.245. The molecule has 2 aromatic rings. The Morgan fingerprint density at radius 1 is 0.926 bits per heavy atom. The molecule has 0 heterocycles. The Labute approximate surface area is 172 Å². The molecule has 2 aromatic carbocycles. The molecule has 0 spiro atoms. The van der Waals surface area contributed by atoms with Crippen molar-refractivity contribution >= 4 is 0 Å². The summed E-state index contributed by atoms with van der Waals surface area (Å²) in [5.74, 6) is 1.34. The van der Waals surface area contributed by atoms with E-state index >= 15 is 0 Å². The zero-order chi connectivity index (χ0) is 19.4. The normalized spacial score (nSPS) is 11.3. The molecule has 2 rings (SSSR count). The molecule has 0 saturated heterocycles. The maximum atomic E-state index is 8.61. The average molecular weight is 402 g/mol. The maximum absolute atomic E-state index is 8.61. The molecule has 0 aliphatic rings. The van der Waals surface area contributed by atoms with E-state index in [1.807, 2.05) is 25.1 Å². The summed E-state index contributed by atoms with van der Waals surface area (Å²) in [5.41, 5.74) is 13.9. The molecule has 0 amide bonds. The molecular weight excluding hydrogens is 379 g/mol. The SMILES string of the molecule is CC(N)COc1cccc(C#N)c1.CC([NH-])COc1cccc(C#N)c1.[V]. The minimum Gasteiger partial charge on any atom is -0.672 e. The number of hydrogen-bond donors (Lipinski definition) is 1. The van der Waals surface area contributed by atoms with E-state index in [-0.39, 0.29) is 30.6 Å². The van der Waals surface area contributed by atoms with Crippen molar-refractivity contribution in [2.75, 3.05) is 13.2 Å². The number of nitrogens with one attached hydrogen (secondary N) is 1. The first kappa shape index (κ1) is 24.5. The molecule has 0 aromatic heterocycles. The van der Waals surface area contributed by atoms with Gasteiger partial charge in [-0.3, -0.25) is 0 Å². The van der Waals surface area contributed by atoms with E-state index < -0.39 is 0 Å². The first-order chi connectivity index (χ1) is 12.4. The van der Waals surface area contributed by atoms with Gasteiger partial charge in [0.05, 0.1) is 29.9 Å². The molecule has 1 radical (unpaired) electrons. The number of nitrogens with zero attached hydrogens (tertiary/aromatic N) is 2. The zero-order valence-electron chi connectivity index (χ0n) is 15.4. The molecule has 2 atom stereocenters. The predicted octanol–water partition coefficient (Wildman–Crippen LogP) is 3.66. The number of nitrogens with two attached hydrogens (primary N) is 1. The number of benzene rings is 2. The van der Waals surface area contributed by atoms with E-state index in [9.17, 15) is 0 Å². The van der Waals surface area contributed by atoms with Gasteiger partial charge in [0.15, 0.2) is 0 Å². The van der Waals surface area contributed by atoms with Crippen molar-refractivity contribution in [3.8, 4) is 23.6 Å². The Bertz CT molecular complexity index is 702. The van der Waals surface area contributed by atoms with Crippen molar-refractivity contribution in [2.24, 2.45) is 5.73 Å². The minimum absolute atomic E-state index is 0. The van der Waals surface area contributed by atoms with Gasteiger partial charge in [0, 0.05) is 24.6 Å². The van der Waals surface area contributed by atoms with Gasteiger partial charge in [-0.05, 0) is 43.3 Å². The quantitative estimate of drug-likeness (QED) is 0.792. The van der Waals surface area contributed by atoms with Gasteiger partial charge in [-0.1, -0.05) is 19.1 Å². The Morgan fingerprint density at radius 2 is 1.37 bits per heavy atom. The number of nitriles is 2. The summed E-state index contributed by atoms with van der Waals surface area (Å²) in [6.07, 6.45) is 0. The van der Waals surface area contributed by atoms with Crippen molar-refractivity contribution in [3.05, 3.63) is 65.4 Å². The first-order valence-electron chi connectivity index (χ1n) is 8.17. The summed E-state index contributed by atoms with van der Waals surface area (Å²) in [5, 5.41) is 17.2. The molecule has 6 nitrogen and oxygen atoms in total. The van der Waals surface area contributed by atoms with Gasteiger partial charge < -0.3 is 20.9 Å². The zero-order valence-corrected chi connectivity index (χ0v) is 16.8. The van der Waals surface area contributed by atoms with Crippen LogP contribution in [0.5, 0.6) is 11.5 Å². The predicted molar refractivity (Wildman–Crippen MR) is 101 cm³/mol. The molecule has 0 aliphatic carbocycles. The molecule has 3 N–H and O–H groups in total. The third-order valence-electron chi connectivity index (χ3n) is 2.94. The fourth-order valence-electron chi connectivity index (χ4n) is 1.76. The topological polar surface area (TPSA) is 116 Å². The summed E-state index contributed by atoms with van der Waals surface area (Å²) in [7, 11) is 0. The van der Waals surface area contributed by atoms with Crippen LogP contribution in [0.4, 0.5) is 0 Å². The average Bonchev–Trinajstić information content (AvgIpc) is 2.65. The van der Waals surface area contributed by atoms with E-state index in [4.69, 9.17) is 31.5 Å². The van der Waals surface area contributed by atoms with E-state index in [1.54, 1.807) is 49.4 Å². The van der Waals surface area contributed by atoms with Gasteiger partial charge in [0.1, 0.15) is 18.1 Å². The van der Waals surface area contributed by atoms with Gasteiger partial charge in [-0.25, -0.2) is 0 Å². The van der Waals surface area contributed by atoms with Crippen LogP contribution in [0.1, 0.15) is 25.0 Å². The van der Waals surface area contributed by atoms with Gasteiger partial charge in [-0.15, -0.1) is 6.04 Å². The Morgan fingerprint density at radius 3 is 1.74 bits per heavy atom. The summed E-state index contributed by atoms with van der Waals surface area (Å²) < 4.78 is 10.6. The van der Waals surface area contributed by atoms with Gasteiger partial charge in [0.25, 0.3) is 0 Å². The molecule has 0 fully saturated rings. The number of hydrogen-bond acceptors (Lipinski definition) is 5. The molecule has 141 valence electrons. The fourth-order valence-corrected chi connectivity index (χ4v) is 1.76. The summed E-state index contributed by atoms with van der Waals surface area (Å²) in [4.78, 5) is 0. The largest absolute Gasteiger partial charge is 0.672 e. The first-order valence-corrected chi connectivity index (χ1v) is 8.17. The summed E-state index contributed by atoms with van der Waals surface area (Å²) >= 11 is 0. The Balaban J connectivity index is 0.000000483. The van der Waals surface area contributed by atoms with Gasteiger partial charge >= 0.3 is 0 Å². The number of ether oxygens (including phenoxy) is 2. The summed E-state index contributed by atoms with van der Waals surface area (Å²) in [6.45, 7) is 4.45. The smallest absolute Gasteiger partial charge is 0.120 e. The van der Waals surface area contributed by atoms with Crippen LogP contribution in [0.15, 0.2) is 48.5 Å². The molecule has 7 heteroatoms. The van der Waals surface area contributed by atoms with Crippen LogP contribution in [-0.2, 0) is 18.6 Å². The van der Waals surface area contributed by atoms with Crippen molar-refractivity contribution in [1.82, 2.24) is 0 Å². The molecular formula is C20H23N4O2V-. The molecule has 0 aliphatic heterocycles. The maximum Gasteiger partial charge on any atom is 0.120 e. The van der Waals surface area contributed by atoms with Crippen LogP contribution >= 0.6 is 0 Å². The Kier molecular flexibility index (Phi) is 12.4. The van der Waals surface area contributed by atoms with Crippen molar-refractivity contribution < 1.29 is 28.0 Å². The summed E-state index contributed by atoms with van der Waals surface area (Å²) in [6, 6.07) is 17.8. The van der Waals surface area contributed by atoms with Crippen LogP contribution < -0.4 is 15.2 Å². The van der Waals surface area contributed by atoms with Crippen LogP contribution in [0.3, 0.4) is 0 Å². The third-order valence-corrected chi connectivity index (χ3v) is 2.94. The van der Waals surface area contributed by atoms with Crippen LogP contribution in [0, 0.1) is 22.7 Å². The Hall–Kier alpha value is -2.48. The third kappa shape index (κ3) is 11.0. The van der Waals surface area contributed by atoms with Crippen molar-refractivity contribution in [2.45, 2.75) is 25.9 Å². The second-order valence-electron chi connectivity index (χ2n) is 5.78. The van der Waals surface area contributed by atoms with Crippen LogP contribution in [-0.4, -0.2) is 25.3 Å². The molecule has 27 heavy (non-hydrogen) atoms. The molecule has 0 bridgehead atoms. The van der Waals surface area contributed by atoms with Gasteiger partial charge in [0.2, 0.25) is 0 Å². The van der Waals surface area contributed by atoms with Crippen LogP contribution in [0.2, 0.25) is 0 Å². The second-order valence-corrected chi connectivity index (χ2v) is 5.78. The van der Waals surface area contributed by atoms with Crippen molar-refractivity contribution in [3.63, 3.8) is 0 Å².